The van der Waals surface area contributed by atoms with Crippen LogP contribution in [0.1, 0.15) is 0 Å². The summed E-state index contributed by atoms with van der Waals surface area (Å²) in [6.45, 7) is 1.45. The van der Waals surface area contributed by atoms with Crippen LogP contribution >= 0.6 is 0 Å². The van der Waals surface area contributed by atoms with Crippen molar-refractivity contribution in [2.24, 2.45) is 0 Å². The monoisotopic (exact) mass is 125 g/mol. The normalized spacial score (nSPS) is 18.6. The molecule has 0 spiro atoms. The average Bonchev–Trinajstić information content (AvgIpc) is 1.88. The third-order valence-corrected chi connectivity index (χ3v) is 1.18. The van der Waals surface area contributed by atoms with Crippen molar-refractivity contribution < 1.29 is 4.79 Å². The van der Waals surface area contributed by atoms with Gasteiger partial charge < -0.3 is 5.32 Å². The van der Waals surface area contributed by atoms with E-state index < -0.39 is 0 Å². The molecule has 0 unspecified atom stereocenters. The van der Waals surface area contributed by atoms with Crippen LogP contribution in [0.15, 0.2) is 0 Å². The second-order valence-corrected chi connectivity index (χ2v) is 1.87. The molecule has 4 nitrogen and oxygen atoms in total. The van der Waals surface area contributed by atoms with Crippen LogP contribution in [0.25, 0.3) is 0 Å². The van der Waals surface area contributed by atoms with Crippen LogP contribution in [0.4, 0.5) is 0 Å². The Labute approximate surface area is 53.1 Å². The Hall–Kier alpha value is -1.24. The summed E-state index contributed by atoms with van der Waals surface area (Å²) in [5.74, 6) is -0.0669. The molecular weight excluding hydrogens is 118 g/mol. The minimum Gasteiger partial charge on any atom is -0.353 e. The third kappa shape index (κ3) is 1.32. The van der Waals surface area contributed by atoms with Crippen LogP contribution in [-0.2, 0) is 4.79 Å². The number of rotatable bonds is 0. The molecule has 9 heavy (non-hydrogen) atoms. The fourth-order valence-electron chi connectivity index (χ4n) is 0.724. The van der Waals surface area contributed by atoms with Gasteiger partial charge in [0.15, 0.2) is 6.19 Å². The molecule has 1 N–H and O–H groups in total. The number of amides is 1. The van der Waals surface area contributed by atoms with Crippen LogP contribution in [-0.4, -0.2) is 30.4 Å². The van der Waals surface area contributed by atoms with Crippen molar-refractivity contribution in [3.05, 3.63) is 0 Å². The molecule has 0 bridgehead atoms. The number of hydrogen-bond acceptors (Lipinski definition) is 3. The lowest BCUT2D eigenvalue weighted by atomic mass is 10.4. The molecule has 1 heterocycles. The Bertz CT molecular complexity index is 160. The van der Waals surface area contributed by atoms with E-state index in [1.54, 1.807) is 0 Å². The molecule has 4 heteroatoms. The summed E-state index contributed by atoms with van der Waals surface area (Å²) in [6.07, 6.45) is 1.91. The van der Waals surface area contributed by atoms with E-state index in [2.05, 4.69) is 5.32 Å². The summed E-state index contributed by atoms with van der Waals surface area (Å²) in [6, 6.07) is 0. The molecule has 0 aliphatic carbocycles. The molecule has 0 aromatic heterocycles. The number of nitrogens with one attached hydrogen (secondary N) is 1. The van der Waals surface area contributed by atoms with Crippen molar-refractivity contribution in [2.45, 2.75) is 0 Å². The van der Waals surface area contributed by atoms with E-state index in [4.69, 9.17) is 5.26 Å². The van der Waals surface area contributed by atoms with E-state index >= 15 is 0 Å². The molecular formula is C5H7N3O. The van der Waals surface area contributed by atoms with E-state index in [-0.39, 0.29) is 12.5 Å². The first-order valence-electron chi connectivity index (χ1n) is 2.74. The van der Waals surface area contributed by atoms with Gasteiger partial charge >= 0.3 is 0 Å². The third-order valence-electron chi connectivity index (χ3n) is 1.18. The van der Waals surface area contributed by atoms with Crippen molar-refractivity contribution in [3.8, 4) is 6.19 Å². The average molecular weight is 125 g/mol. The molecule has 1 aliphatic heterocycles. The van der Waals surface area contributed by atoms with Gasteiger partial charge in [0.1, 0.15) is 6.54 Å². The fourth-order valence-corrected chi connectivity index (χ4v) is 0.724. The van der Waals surface area contributed by atoms with Gasteiger partial charge in [0, 0.05) is 13.1 Å². The second kappa shape index (κ2) is 2.35. The first kappa shape index (κ1) is 5.89. The first-order valence-corrected chi connectivity index (χ1v) is 2.74. The summed E-state index contributed by atoms with van der Waals surface area (Å²) in [5.41, 5.74) is 0. The molecule has 1 saturated heterocycles. The van der Waals surface area contributed by atoms with Crippen LogP contribution in [0.2, 0.25) is 0 Å². The summed E-state index contributed by atoms with van der Waals surface area (Å²) < 4.78 is 0. The van der Waals surface area contributed by atoms with E-state index in [0.29, 0.717) is 13.1 Å². The minimum atomic E-state index is -0.0669. The van der Waals surface area contributed by atoms with Gasteiger partial charge in [0.2, 0.25) is 5.91 Å². The van der Waals surface area contributed by atoms with Crippen molar-refractivity contribution in [3.63, 3.8) is 0 Å². The quantitative estimate of drug-likeness (QED) is 0.418. The van der Waals surface area contributed by atoms with Crippen LogP contribution in [0.3, 0.4) is 0 Å². The molecule has 0 aromatic carbocycles. The Morgan fingerprint density at radius 2 is 2.56 bits per heavy atom. The highest BCUT2D eigenvalue weighted by atomic mass is 16.2. The number of carbonyl (C=O) groups excluding carboxylic acids is 1. The smallest absolute Gasteiger partial charge is 0.240 e. The van der Waals surface area contributed by atoms with Crippen molar-refractivity contribution >= 4 is 5.91 Å². The molecule has 1 rings (SSSR count). The van der Waals surface area contributed by atoms with Crippen LogP contribution in [0.5, 0.6) is 0 Å². The molecule has 1 fully saturated rings. The zero-order valence-electron chi connectivity index (χ0n) is 4.92. The standard InChI is InChI=1S/C5H7N3O/c6-4-8-2-1-7-5(9)3-8/h1-3H2,(H,7,9). The maximum absolute atomic E-state index is 10.5. The lowest BCUT2D eigenvalue weighted by molar-refractivity contribution is -0.123. The molecule has 1 amide bonds. The second-order valence-electron chi connectivity index (χ2n) is 1.87. The zero-order valence-corrected chi connectivity index (χ0v) is 4.92. The van der Waals surface area contributed by atoms with Crippen molar-refractivity contribution in [2.75, 3.05) is 19.6 Å². The maximum atomic E-state index is 10.5. The lowest BCUT2D eigenvalue weighted by Gasteiger charge is -2.20. The Kier molecular flexibility index (Phi) is 1.54. The molecule has 0 saturated carbocycles. The SMILES string of the molecule is N#CN1CCNC(=O)C1. The molecule has 1 aliphatic rings. The van der Waals surface area contributed by atoms with Gasteiger partial charge in [-0.2, -0.15) is 5.26 Å². The summed E-state index contributed by atoms with van der Waals surface area (Å²) in [7, 11) is 0. The number of hydrogen-bond donors (Lipinski definition) is 1. The fraction of sp³-hybridized carbons (Fsp3) is 0.600. The Balaban J connectivity index is 2.43. The van der Waals surface area contributed by atoms with E-state index in [1.807, 2.05) is 6.19 Å². The summed E-state index contributed by atoms with van der Waals surface area (Å²) in [4.78, 5) is 12.0. The topological polar surface area (TPSA) is 56.1 Å². The van der Waals surface area contributed by atoms with Gasteiger partial charge in [0.25, 0.3) is 0 Å². The molecule has 48 valence electrons. The van der Waals surface area contributed by atoms with Crippen LogP contribution < -0.4 is 5.32 Å². The van der Waals surface area contributed by atoms with E-state index in [9.17, 15) is 4.79 Å². The predicted octanol–water partition coefficient (Wildman–Crippen LogP) is -1.10. The van der Waals surface area contributed by atoms with Gasteiger partial charge in [-0.15, -0.1) is 0 Å². The number of nitriles is 1. The number of piperazine rings is 1. The van der Waals surface area contributed by atoms with Gasteiger partial charge in [-0.3, -0.25) is 9.69 Å². The zero-order chi connectivity index (χ0) is 6.69. The number of nitrogens with zero attached hydrogens (tertiary/aromatic N) is 2. The largest absolute Gasteiger partial charge is 0.353 e. The first-order chi connectivity index (χ1) is 4.33. The summed E-state index contributed by atoms with van der Waals surface area (Å²) >= 11 is 0. The van der Waals surface area contributed by atoms with Gasteiger partial charge in [-0.25, -0.2) is 0 Å². The molecule has 0 aromatic rings. The van der Waals surface area contributed by atoms with E-state index in [1.165, 1.54) is 4.90 Å². The van der Waals surface area contributed by atoms with Crippen molar-refractivity contribution in [1.29, 1.82) is 5.26 Å². The highest BCUT2D eigenvalue weighted by Gasteiger charge is 2.12. The van der Waals surface area contributed by atoms with Gasteiger partial charge in [0.05, 0.1) is 0 Å². The maximum Gasteiger partial charge on any atom is 0.240 e. The van der Waals surface area contributed by atoms with Crippen LogP contribution in [0, 0.1) is 11.5 Å². The molecule has 0 radical (unpaired) electrons. The Morgan fingerprint density at radius 1 is 1.78 bits per heavy atom. The minimum absolute atomic E-state index is 0.0669. The lowest BCUT2D eigenvalue weighted by Crippen LogP contribution is -2.45. The Morgan fingerprint density at radius 3 is 3.00 bits per heavy atom. The number of carbonyl (C=O) groups is 1. The van der Waals surface area contributed by atoms with E-state index in [0.717, 1.165) is 0 Å². The van der Waals surface area contributed by atoms with Crippen molar-refractivity contribution in [1.82, 2.24) is 10.2 Å². The predicted molar refractivity (Wildman–Crippen MR) is 30.2 cm³/mol. The highest BCUT2D eigenvalue weighted by Crippen LogP contribution is 1.88. The summed E-state index contributed by atoms with van der Waals surface area (Å²) in [5, 5.41) is 10.9. The molecule has 0 atom stereocenters. The van der Waals surface area contributed by atoms with Gasteiger partial charge in [-0.05, 0) is 0 Å². The van der Waals surface area contributed by atoms with Gasteiger partial charge in [-0.1, -0.05) is 0 Å². The highest BCUT2D eigenvalue weighted by molar-refractivity contribution is 5.78.